The van der Waals surface area contributed by atoms with Gasteiger partial charge in [-0.3, -0.25) is 4.79 Å². The van der Waals surface area contributed by atoms with Gasteiger partial charge < -0.3 is 5.32 Å². The highest BCUT2D eigenvalue weighted by atomic mass is 35.5. The van der Waals surface area contributed by atoms with Gasteiger partial charge in [0.15, 0.2) is 0 Å². The van der Waals surface area contributed by atoms with E-state index in [-0.39, 0.29) is 5.91 Å². The Balaban J connectivity index is 1.92. The number of nitrogens with one attached hydrogen (secondary N) is 1. The van der Waals surface area contributed by atoms with Crippen molar-refractivity contribution in [3.8, 4) is 0 Å². The van der Waals surface area contributed by atoms with E-state index in [0.717, 1.165) is 17.7 Å². The third-order valence-corrected chi connectivity index (χ3v) is 4.15. The third-order valence-electron chi connectivity index (χ3n) is 3.74. The Morgan fingerprint density at radius 1 is 1.18 bits per heavy atom. The van der Waals surface area contributed by atoms with Gasteiger partial charge in [-0.15, -0.1) is 0 Å². The van der Waals surface area contributed by atoms with Crippen LogP contribution in [0.1, 0.15) is 30.0 Å². The maximum atomic E-state index is 12.2. The summed E-state index contributed by atoms with van der Waals surface area (Å²) in [6.07, 6.45) is 1.41. The van der Waals surface area contributed by atoms with E-state index >= 15 is 0 Å². The predicted molar refractivity (Wildman–Crippen MR) is 93.5 cm³/mol. The van der Waals surface area contributed by atoms with Gasteiger partial charge in [0.25, 0.3) is 0 Å². The van der Waals surface area contributed by atoms with Crippen LogP contribution in [0, 0.1) is 19.8 Å². The van der Waals surface area contributed by atoms with Crippen LogP contribution in [-0.2, 0) is 11.2 Å². The second-order valence-electron chi connectivity index (χ2n) is 5.96. The first-order chi connectivity index (χ1) is 10.5. The molecule has 0 saturated heterocycles. The van der Waals surface area contributed by atoms with Gasteiger partial charge in [0.1, 0.15) is 0 Å². The molecule has 2 aromatic rings. The highest BCUT2D eigenvalue weighted by Crippen LogP contribution is 2.23. The normalized spacial score (nSPS) is 12.0. The van der Waals surface area contributed by atoms with Crippen molar-refractivity contribution in [2.45, 2.75) is 33.6 Å². The molecular weight excluding hydrogens is 294 g/mol. The molecule has 0 heterocycles. The van der Waals surface area contributed by atoms with Gasteiger partial charge in [-0.05, 0) is 49.4 Å². The van der Waals surface area contributed by atoms with Crippen LogP contribution < -0.4 is 5.32 Å². The number of carbonyl (C=O) groups is 1. The molecule has 1 atom stereocenters. The average molecular weight is 316 g/mol. The second-order valence-corrected chi connectivity index (χ2v) is 6.37. The Kier molecular flexibility index (Phi) is 5.62. The van der Waals surface area contributed by atoms with Crippen LogP contribution in [0.4, 0.5) is 5.69 Å². The zero-order valence-corrected chi connectivity index (χ0v) is 14.1. The molecule has 0 fully saturated rings. The predicted octanol–water partition coefficient (Wildman–Crippen LogP) is 5.16. The Bertz CT molecular complexity index is 666. The quantitative estimate of drug-likeness (QED) is 0.810. The van der Waals surface area contributed by atoms with E-state index in [2.05, 4.69) is 43.4 Å². The first kappa shape index (κ1) is 16.6. The number of aryl methyl sites for hydroxylation is 1. The van der Waals surface area contributed by atoms with Crippen LogP contribution in [-0.4, -0.2) is 5.91 Å². The summed E-state index contributed by atoms with van der Waals surface area (Å²) in [5.41, 5.74) is 4.23. The summed E-state index contributed by atoms with van der Waals surface area (Å²) in [7, 11) is 0. The van der Waals surface area contributed by atoms with E-state index in [1.54, 1.807) is 0 Å². The Hall–Kier alpha value is -1.80. The molecule has 0 unspecified atom stereocenters. The standard InChI is InChI=1S/C19H22ClNO/c1-13-6-4-7-16(10-13)11-14(2)12-19(22)21-18-9-5-8-17(20)15(18)3/h4-10,14H,11-12H2,1-3H3,(H,21,22)/t14-/m1/s1. The van der Waals surface area contributed by atoms with E-state index in [1.165, 1.54) is 11.1 Å². The van der Waals surface area contributed by atoms with Crippen LogP contribution >= 0.6 is 11.6 Å². The lowest BCUT2D eigenvalue weighted by molar-refractivity contribution is -0.116. The Morgan fingerprint density at radius 3 is 2.64 bits per heavy atom. The fourth-order valence-corrected chi connectivity index (χ4v) is 2.75. The van der Waals surface area contributed by atoms with E-state index in [9.17, 15) is 4.79 Å². The molecule has 2 aromatic carbocycles. The van der Waals surface area contributed by atoms with Gasteiger partial charge in [-0.2, -0.15) is 0 Å². The van der Waals surface area contributed by atoms with E-state index < -0.39 is 0 Å². The number of benzene rings is 2. The number of carbonyl (C=O) groups excluding carboxylic acids is 1. The van der Waals surface area contributed by atoms with Crippen LogP contribution in [0.15, 0.2) is 42.5 Å². The van der Waals surface area contributed by atoms with Gasteiger partial charge in [-0.25, -0.2) is 0 Å². The smallest absolute Gasteiger partial charge is 0.224 e. The van der Waals surface area contributed by atoms with Gasteiger partial charge in [0, 0.05) is 17.1 Å². The van der Waals surface area contributed by atoms with Crippen LogP contribution in [0.25, 0.3) is 0 Å². The number of halogens is 1. The minimum absolute atomic E-state index is 0.0329. The zero-order chi connectivity index (χ0) is 16.1. The summed E-state index contributed by atoms with van der Waals surface area (Å²) in [6, 6.07) is 14.0. The monoisotopic (exact) mass is 315 g/mol. The third kappa shape index (κ3) is 4.60. The number of rotatable bonds is 5. The molecule has 0 radical (unpaired) electrons. The van der Waals surface area contributed by atoms with Crippen molar-refractivity contribution in [3.63, 3.8) is 0 Å². The molecule has 0 aromatic heterocycles. The lowest BCUT2D eigenvalue weighted by atomic mass is 9.96. The van der Waals surface area contributed by atoms with E-state index in [4.69, 9.17) is 11.6 Å². The van der Waals surface area contributed by atoms with Gasteiger partial charge in [0.05, 0.1) is 0 Å². The minimum Gasteiger partial charge on any atom is -0.326 e. The zero-order valence-electron chi connectivity index (χ0n) is 13.3. The van der Waals surface area contributed by atoms with Crippen molar-refractivity contribution in [1.29, 1.82) is 0 Å². The second kappa shape index (κ2) is 7.46. The highest BCUT2D eigenvalue weighted by molar-refractivity contribution is 6.31. The summed E-state index contributed by atoms with van der Waals surface area (Å²) < 4.78 is 0. The van der Waals surface area contributed by atoms with Gasteiger partial charge >= 0.3 is 0 Å². The summed E-state index contributed by atoms with van der Waals surface area (Å²) in [4.78, 5) is 12.2. The number of amides is 1. The van der Waals surface area contributed by atoms with Crippen LogP contribution in [0.3, 0.4) is 0 Å². The Morgan fingerprint density at radius 2 is 1.91 bits per heavy atom. The highest BCUT2D eigenvalue weighted by Gasteiger charge is 2.12. The van der Waals surface area contributed by atoms with E-state index in [0.29, 0.717) is 17.4 Å². The molecule has 2 nitrogen and oxygen atoms in total. The number of anilines is 1. The molecule has 1 amide bonds. The van der Waals surface area contributed by atoms with Crippen molar-refractivity contribution < 1.29 is 4.79 Å². The Labute approximate surface area is 137 Å². The average Bonchev–Trinajstić information content (AvgIpc) is 2.43. The summed E-state index contributed by atoms with van der Waals surface area (Å²) in [5.74, 6) is 0.326. The lowest BCUT2D eigenvalue weighted by Gasteiger charge is -2.13. The number of hydrogen-bond acceptors (Lipinski definition) is 1. The molecule has 0 aliphatic carbocycles. The van der Waals surface area contributed by atoms with Crippen molar-refractivity contribution in [2.24, 2.45) is 5.92 Å². The fourth-order valence-electron chi connectivity index (χ4n) is 2.57. The molecule has 3 heteroatoms. The van der Waals surface area contributed by atoms with Crippen molar-refractivity contribution in [2.75, 3.05) is 5.32 Å². The molecule has 1 N–H and O–H groups in total. The largest absolute Gasteiger partial charge is 0.326 e. The summed E-state index contributed by atoms with van der Waals surface area (Å²) in [6.45, 7) is 6.10. The molecular formula is C19H22ClNO. The topological polar surface area (TPSA) is 29.1 Å². The molecule has 2 rings (SSSR count). The molecule has 0 aliphatic heterocycles. The van der Waals surface area contributed by atoms with Crippen LogP contribution in [0.5, 0.6) is 0 Å². The fraction of sp³-hybridized carbons (Fsp3) is 0.316. The molecule has 0 spiro atoms. The molecule has 22 heavy (non-hydrogen) atoms. The van der Waals surface area contributed by atoms with Gasteiger partial charge in [-0.1, -0.05) is 54.4 Å². The summed E-state index contributed by atoms with van der Waals surface area (Å²) >= 11 is 6.07. The minimum atomic E-state index is 0.0329. The maximum Gasteiger partial charge on any atom is 0.224 e. The first-order valence-corrected chi connectivity index (χ1v) is 7.94. The maximum absolute atomic E-state index is 12.2. The number of hydrogen-bond donors (Lipinski definition) is 1. The van der Waals surface area contributed by atoms with Crippen molar-refractivity contribution >= 4 is 23.2 Å². The van der Waals surface area contributed by atoms with Gasteiger partial charge in [0.2, 0.25) is 5.91 Å². The van der Waals surface area contributed by atoms with E-state index in [1.807, 2.05) is 25.1 Å². The van der Waals surface area contributed by atoms with Crippen molar-refractivity contribution in [3.05, 3.63) is 64.2 Å². The van der Waals surface area contributed by atoms with Crippen LogP contribution in [0.2, 0.25) is 5.02 Å². The molecule has 0 bridgehead atoms. The lowest BCUT2D eigenvalue weighted by Crippen LogP contribution is -2.17. The summed E-state index contributed by atoms with van der Waals surface area (Å²) in [5, 5.41) is 3.63. The molecule has 0 aliphatic rings. The first-order valence-electron chi connectivity index (χ1n) is 7.56. The SMILES string of the molecule is Cc1cccc(C[C@@H](C)CC(=O)Nc2cccc(Cl)c2C)c1. The molecule has 116 valence electrons. The molecule has 0 saturated carbocycles. The van der Waals surface area contributed by atoms with Crippen molar-refractivity contribution in [1.82, 2.24) is 0 Å².